The van der Waals surface area contributed by atoms with Crippen LogP contribution in [0.1, 0.15) is 113 Å². The van der Waals surface area contributed by atoms with Gasteiger partial charge in [-0.05, 0) is 127 Å². The normalized spacial score (nSPS) is 27.1. The quantitative estimate of drug-likeness (QED) is 0.204. The van der Waals surface area contributed by atoms with Crippen LogP contribution >= 0.6 is 0 Å². The molecule has 3 atom stereocenters. The van der Waals surface area contributed by atoms with Gasteiger partial charge in [-0.2, -0.15) is 0 Å². The monoisotopic (exact) mass is 778 g/mol. The number of hydrogen-bond acceptors (Lipinski definition) is 7. The van der Waals surface area contributed by atoms with E-state index in [1.165, 1.54) is 22.3 Å². The topological polar surface area (TPSA) is 119 Å². The Balaban J connectivity index is 0.723. The first-order valence-corrected chi connectivity index (χ1v) is 21.1. The molecule has 0 aromatic heterocycles. The van der Waals surface area contributed by atoms with Gasteiger partial charge in [0.15, 0.2) is 0 Å². The third-order valence-electron chi connectivity index (χ3n) is 14.3. The second-order valence-electron chi connectivity index (χ2n) is 17.8. The molecule has 2 N–H and O–H groups in total. The Bertz CT molecular complexity index is 2290. The molecule has 4 aromatic rings. The number of aryl methyl sites for hydroxylation is 1. The first-order valence-electron chi connectivity index (χ1n) is 21.1. The minimum absolute atomic E-state index is 0.00553. The maximum Gasteiger partial charge on any atom is 0.255 e. The van der Waals surface area contributed by atoms with Gasteiger partial charge < -0.3 is 19.6 Å². The lowest BCUT2D eigenvalue weighted by Gasteiger charge is -2.53. The number of fused-ring (bicyclic) bond motifs is 3. The zero-order valence-electron chi connectivity index (χ0n) is 33.0. The molecule has 10 nitrogen and oxygen atoms in total. The van der Waals surface area contributed by atoms with Crippen LogP contribution in [-0.2, 0) is 40.4 Å². The Morgan fingerprint density at radius 3 is 2.26 bits per heavy atom. The van der Waals surface area contributed by atoms with Gasteiger partial charge in [0, 0.05) is 62.1 Å². The van der Waals surface area contributed by atoms with Crippen molar-refractivity contribution in [2.75, 3.05) is 13.1 Å². The summed E-state index contributed by atoms with van der Waals surface area (Å²) in [5, 5.41) is 12.6. The Hall–Kier alpha value is -5.48. The van der Waals surface area contributed by atoms with Gasteiger partial charge in [0.2, 0.25) is 17.7 Å². The van der Waals surface area contributed by atoms with E-state index in [0.717, 1.165) is 74.1 Å². The summed E-state index contributed by atoms with van der Waals surface area (Å²) in [6.07, 6.45) is 6.33. The van der Waals surface area contributed by atoms with Crippen LogP contribution in [0.2, 0.25) is 0 Å². The van der Waals surface area contributed by atoms with Gasteiger partial charge in [0.25, 0.3) is 5.91 Å². The number of aromatic hydroxyl groups is 1. The molecule has 1 unspecified atom stereocenters. The van der Waals surface area contributed by atoms with Crippen LogP contribution in [0.4, 0.5) is 0 Å². The number of ether oxygens (including phenoxy) is 1. The van der Waals surface area contributed by atoms with Gasteiger partial charge in [-0.1, -0.05) is 54.6 Å². The smallest absolute Gasteiger partial charge is 0.255 e. The van der Waals surface area contributed by atoms with Crippen molar-refractivity contribution < 1.29 is 29.0 Å². The molecule has 4 amide bonds. The molecule has 2 saturated heterocycles. The summed E-state index contributed by atoms with van der Waals surface area (Å²) in [5.41, 5.74) is 8.73. The lowest BCUT2D eigenvalue weighted by atomic mass is 9.69. The third kappa shape index (κ3) is 6.55. The summed E-state index contributed by atoms with van der Waals surface area (Å²) >= 11 is 0. The summed E-state index contributed by atoms with van der Waals surface area (Å²) in [6, 6.07) is 28.6. The van der Waals surface area contributed by atoms with E-state index in [2.05, 4.69) is 77.8 Å². The van der Waals surface area contributed by atoms with Crippen molar-refractivity contribution >= 4 is 23.6 Å². The number of amides is 4. The number of phenols is 1. The van der Waals surface area contributed by atoms with Crippen LogP contribution in [-0.4, -0.2) is 74.2 Å². The van der Waals surface area contributed by atoms with Gasteiger partial charge in [0.05, 0.1) is 0 Å². The minimum atomic E-state index is -0.632. The number of carbonyl (C=O) groups is 4. The molecule has 10 rings (SSSR count). The molecule has 2 aliphatic carbocycles. The Kier molecular flexibility index (Phi) is 9.15. The molecular formula is C48H50N4O6. The largest absolute Gasteiger partial charge is 0.508 e. The maximum absolute atomic E-state index is 13.9. The average Bonchev–Trinajstić information content (AvgIpc) is 3.78. The number of likely N-dealkylation sites (tertiary alicyclic amines) is 1. The Labute approximate surface area is 339 Å². The highest BCUT2D eigenvalue weighted by atomic mass is 16.5. The van der Waals surface area contributed by atoms with E-state index in [0.29, 0.717) is 43.3 Å². The van der Waals surface area contributed by atoms with E-state index in [9.17, 15) is 24.3 Å². The number of benzene rings is 4. The summed E-state index contributed by atoms with van der Waals surface area (Å²) in [6.45, 7) is 5.47. The van der Waals surface area contributed by atoms with Gasteiger partial charge >= 0.3 is 0 Å². The fraction of sp³-hybridized carbons (Fsp3) is 0.417. The minimum Gasteiger partial charge on any atom is -0.508 e. The van der Waals surface area contributed by atoms with Crippen LogP contribution in [0.5, 0.6) is 11.5 Å². The molecule has 58 heavy (non-hydrogen) atoms. The number of nitrogens with one attached hydrogen (secondary N) is 1. The van der Waals surface area contributed by atoms with Crippen LogP contribution < -0.4 is 10.1 Å². The number of phenolic OH excluding ortho intramolecular Hbond substituents is 1. The fourth-order valence-corrected chi connectivity index (χ4v) is 10.9. The number of carbonyl (C=O) groups excluding carboxylic acids is 4. The van der Waals surface area contributed by atoms with Crippen LogP contribution in [0, 0.1) is 5.92 Å². The number of piperidine rings is 1. The van der Waals surface area contributed by atoms with Gasteiger partial charge in [-0.3, -0.25) is 29.4 Å². The summed E-state index contributed by atoms with van der Waals surface area (Å²) in [7, 11) is 0. The average molecular weight is 779 g/mol. The number of nitrogens with zero attached hydrogens (tertiary/aromatic N) is 3. The standard InChI is InChI=1S/C48H50N4O6/c1-48(19-17-31(18-20-48)46(56)50-24-33-21-35-26-52(42-15-16-43(54)49-45(42)55)47(57)41(35)23-34(33)25-50)51-27-38(28-51)58-37-11-7-30(8-12-37)44-39(29-5-3-2-4-6-29)13-9-32-22-36(53)10-14-40(32)44/h2-8,10-12,14,21-23,31,38-39,42,44,53H,9,13,15-20,24-28H2,1H3,(H,49,54,55)/t31?,39-,42?,44+,48?/m1/s1. The van der Waals surface area contributed by atoms with Crippen LogP contribution in [0.15, 0.2) is 84.9 Å². The van der Waals surface area contributed by atoms with Crippen molar-refractivity contribution in [1.82, 2.24) is 20.0 Å². The van der Waals surface area contributed by atoms with Crippen molar-refractivity contribution in [3.8, 4) is 11.5 Å². The molecule has 4 heterocycles. The molecule has 1 saturated carbocycles. The van der Waals surface area contributed by atoms with E-state index in [1.54, 1.807) is 4.90 Å². The van der Waals surface area contributed by atoms with Gasteiger partial charge in [-0.15, -0.1) is 0 Å². The van der Waals surface area contributed by atoms with Gasteiger partial charge in [-0.25, -0.2) is 0 Å². The van der Waals surface area contributed by atoms with Crippen molar-refractivity contribution in [3.05, 3.63) is 129 Å². The SMILES string of the molecule is CC1(N2CC(Oc3ccc([C@@H]4c5ccc(O)cc5CC[C@@H]4c4ccccc4)cc3)C2)CCC(C(=O)N2Cc3cc4c(cc3C2)C(=O)N(C2CCC(=O)NC2=O)C4)CC1. The van der Waals surface area contributed by atoms with Crippen molar-refractivity contribution in [3.63, 3.8) is 0 Å². The van der Waals surface area contributed by atoms with Gasteiger partial charge in [0.1, 0.15) is 23.6 Å². The van der Waals surface area contributed by atoms with E-state index in [1.807, 2.05) is 29.2 Å². The zero-order chi connectivity index (χ0) is 39.7. The van der Waals surface area contributed by atoms with E-state index in [-0.39, 0.29) is 47.6 Å². The van der Waals surface area contributed by atoms with E-state index in [4.69, 9.17) is 4.74 Å². The van der Waals surface area contributed by atoms with Crippen molar-refractivity contribution in [1.29, 1.82) is 0 Å². The summed E-state index contributed by atoms with van der Waals surface area (Å²) < 4.78 is 6.50. The highest BCUT2D eigenvalue weighted by molar-refractivity contribution is 6.05. The molecule has 0 spiro atoms. The Morgan fingerprint density at radius 1 is 0.776 bits per heavy atom. The lowest BCUT2D eigenvalue weighted by Crippen LogP contribution is -2.63. The molecule has 298 valence electrons. The molecule has 0 bridgehead atoms. The third-order valence-corrected chi connectivity index (χ3v) is 14.3. The second kappa shape index (κ2) is 14.4. The summed E-state index contributed by atoms with van der Waals surface area (Å²) in [5.74, 6) is 1.09. The highest BCUT2D eigenvalue weighted by Crippen LogP contribution is 2.47. The first kappa shape index (κ1) is 36.8. The van der Waals surface area contributed by atoms with Crippen molar-refractivity contribution in [2.24, 2.45) is 5.92 Å². The zero-order valence-corrected chi connectivity index (χ0v) is 33.0. The van der Waals surface area contributed by atoms with Crippen LogP contribution in [0.25, 0.3) is 0 Å². The second-order valence-corrected chi connectivity index (χ2v) is 17.8. The van der Waals surface area contributed by atoms with Crippen LogP contribution in [0.3, 0.4) is 0 Å². The molecule has 4 aromatic carbocycles. The fourth-order valence-electron chi connectivity index (χ4n) is 10.9. The van der Waals surface area contributed by atoms with Crippen molar-refractivity contribution in [2.45, 2.75) is 107 Å². The summed E-state index contributed by atoms with van der Waals surface area (Å²) in [4.78, 5) is 57.4. The molecule has 3 fully saturated rings. The molecule has 10 heteroatoms. The maximum atomic E-state index is 13.9. The molecular weight excluding hydrogens is 729 g/mol. The first-order chi connectivity index (χ1) is 28.1. The predicted octanol–water partition coefficient (Wildman–Crippen LogP) is 6.57. The lowest BCUT2D eigenvalue weighted by molar-refractivity contribution is -0.139. The highest BCUT2D eigenvalue weighted by Gasteiger charge is 2.46. The van der Waals surface area contributed by atoms with E-state index < -0.39 is 11.9 Å². The van der Waals surface area contributed by atoms with E-state index >= 15 is 0 Å². The molecule has 0 radical (unpaired) electrons. The molecule has 4 aliphatic heterocycles. The number of imide groups is 1. The number of hydrogen-bond donors (Lipinski definition) is 2. The predicted molar refractivity (Wildman–Crippen MR) is 217 cm³/mol. The molecule has 6 aliphatic rings. The Morgan fingerprint density at radius 2 is 1.52 bits per heavy atom. The number of rotatable bonds is 7.